The Bertz CT molecular complexity index is 878. The van der Waals surface area contributed by atoms with Crippen LogP contribution in [0.1, 0.15) is 11.3 Å². The fourth-order valence-electron chi connectivity index (χ4n) is 2.29. The minimum atomic E-state index is -0.450. The van der Waals surface area contributed by atoms with Gasteiger partial charge in [0.2, 0.25) is 5.89 Å². The molecule has 0 spiro atoms. The Hall–Kier alpha value is -2.86. The summed E-state index contributed by atoms with van der Waals surface area (Å²) in [6, 6.07) is 12.6. The summed E-state index contributed by atoms with van der Waals surface area (Å²) in [4.78, 5) is 14.9. The molecular weight excluding hydrogens is 330 g/mol. The van der Waals surface area contributed by atoms with E-state index in [4.69, 9.17) is 16.0 Å². The van der Waals surface area contributed by atoms with E-state index in [0.29, 0.717) is 34.4 Å². The summed E-state index contributed by atoms with van der Waals surface area (Å²) in [6.07, 6.45) is 1.57. The number of anilines is 1. The fourth-order valence-corrected chi connectivity index (χ4v) is 2.52. The summed E-state index contributed by atoms with van der Waals surface area (Å²) in [5, 5.41) is 14.3. The maximum atomic E-state index is 10.9. The number of halogens is 1. The highest BCUT2D eigenvalue weighted by atomic mass is 35.5. The Morgan fingerprint density at radius 3 is 2.75 bits per heavy atom. The molecule has 7 heteroatoms. The maximum Gasteiger partial charge on any atom is 0.273 e. The van der Waals surface area contributed by atoms with E-state index in [-0.39, 0.29) is 5.69 Å². The van der Waals surface area contributed by atoms with Crippen molar-refractivity contribution < 1.29 is 9.34 Å². The third-order valence-corrected chi connectivity index (χ3v) is 3.83. The number of hydrogen-bond donors (Lipinski definition) is 1. The summed E-state index contributed by atoms with van der Waals surface area (Å²) in [5.74, 6) is 0.540. The van der Waals surface area contributed by atoms with Crippen molar-refractivity contribution in [1.82, 2.24) is 4.98 Å². The van der Waals surface area contributed by atoms with Crippen LogP contribution in [0.2, 0.25) is 5.02 Å². The van der Waals surface area contributed by atoms with Crippen molar-refractivity contribution in [2.75, 3.05) is 5.32 Å². The minimum absolute atomic E-state index is 0.00153. The molecule has 0 saturated carbocycles. The van der Waals surface area contributed by atoms with Crippen LogP contribution in [0.3, 0.4) is 0 Å². The van der Waals surface area contributed by atoms with E-state index >= 15 is 0 Å². The maximum absolute atomic E-state index is 10.9. The zero-order valence-corrected chi connectivity index (χ0v) is 13.6. The third-order valence-electron chi connectivity index (χ3n) is 3.51. The lowest BCUT2D eigenvalue weighted by molar-refractivity contribution is -0.385. The van der Waals surface area contributed by atoms with Crippen LogP contribution in [0, 0.1) is 17.0 Å². The van der Waals surface area contributed by atoms with E-state index in [0.717, 1.165) is 5.56 Å². The highest BCUT2D eigenvalue weighted by Gasteiger charge is 2.14. The van der Waals surface area contributed by atoms with E-state index in [1.165, 1.54) is 6.07 Å². The number of benzene rings is 2. The number of hydrogen-bond acceptors (Lipinski definition) is 5. The third kappa shape index (κ3) is 3.38. The largest absolute Gasteiger partial charge is 0.444 e. The van der Waals surface area contributed by atoms with Crippen LogP contribution < -0.4 is 5.32 Å². The Kier molecular flexibility index (Phi) is 4.48. The molecule has 2 aromatic carbocycles. The van der Waals surface area contributed by atoms with Gasteiger partial charge in [-0.15, -0.1) is 0 Å². The van der Waals surface area contributed by atoms with Crippen LogP contribution >= 0.6 is 11.6 Å². The van der Waals surface area contributed by atoms with Crippen LogP contribution in [0.4, 0.5) is 11.4 Å². The van der Waals surface area contributed by atoms with Crippen molar-refractivity contribution in [3.63, 3.8) is 0 Å². The molecule has 0 radical (unpaired) electrons. The lowest BCUT2D eigenvalue weighted by atomic mass is 10.2. The molecule has 3 aromatic rings. The topological polar surface area (TPSA) is 81.2 Å². The van der Waals surface area contributed by atoms with Crippen LogP contribution in [0.15, 0.2) is 53.1 Å². The average Bonchev–Trinajstić information content (AvgIpc) is 3.05. The molecular formula is C17H14ClN3O3. The Morgan fingerprint density at radius 1 is 1.29 bits per heavy atom. The molecule has 0 saturated heterocycles. The first kappa shape index (κ1) is 16.0. The highest BCUT2D eigenvalue weighted by molar-refractivity contribution is 6.33. The number of nitrogens with one attached hydrogen (secondary N) is 1. The van der Waals surface area contributed by atoms with Gasteiger partial charge in [0.05, 0.1) is 27.9 Å². The molecule has 0 atom stereocenters. The molecule has 0 aliphatic carbocycles. The summed E-state index contributed by atoms with van der Waals surface area (Å²) in [6.45, 7) is 2.07. The van der Waals surface area contributed by atoms with E-state index < -0.39 is 4.92 Å². The molecule has 0 aliphatic heterocycles. The van der Waals surface area contributed by atoms with Gasteiger partial charge < -0.3 is 9.73 Å². The Morgan fingerprint density at radius 2 is 2.04 bits per heavy atom. The van der Waals surface area contributed by atoms with Gasteiger partial charge >= 0.3 is 0 Å². The average molecular weight is 344 g/mol. The monoisotopic (exact) mass is 343 g/mol. The number of nitrogens with zero attached hydrogens (tertiary/aromatic N) is 2. The molecule has 1 N–H and O–H groups in total. The zero-order chi connectivity index (χ0) is 17.1. The first-order valence-corrected chi connectivity index (χ1v) is 7.60. The number of aromatic nitrogens is 1. The second-order valence-corrected chi connectivity index (χ2v) is 5.65. The van der Waals surface area contributed by atoms with Gasteiger partial charge in [-0.25, -0.2) is 4.98 Å². The van der Waals surface area contributed by atoms with Crippen molar-refractivity contribution in [3.05, 3.63) is 75.1 Å². The highest BCUT2D eigenvalue weighted by Crippen LogP contribution is 2.30. The van der Waals surface area contributed by atoms with E-state index in [9.17, 15) is 10.1 Å². The molecule has 0 unspecified atom stereocenters. The van der Waals surface area contributed by atoms with Crippen LogP contribution in [0.25, 0.3) is 11.5 Å². The lowest BCUT2D eigenvalue weighted by Gasteiger charge is -2.08. The van der Waals surface area contributed by atoms with Crippen molar-refractivity contribution in [2.45, 2.75) is 13.5 Å². The predicted molar refractivity (Wildman–Crippen MR) is 92.1 cm³/mol. The van der Waals surface area contributed by atoms with Gasteiger partial charge in [-0.1, -0.05) is 29.8 Å². The molecule has 0 aliphatic rings. The molecule has 3 rings (SSSR count). The Labute approximate surface area is 143 Å². The summed E-state index contributed by atoms with van der Waals surface area (Å²) < 4.78 is 5.47. The predicted octanol–water partition coefficient (Wildman–Crippen LogP) is 4.82. The van der Waals surface area contributed by atoms with Crippen LogP contribution in [-0.2, 0) is 6.54 Å². The first-order valence-electron chi connectivity index (χ1n) is 7.23. The number of nitro benzene ring substituents is 1. The van der Waals surface area contributed by atoms with Gasteiger partial charge in [0.1, 0.15) is 6.26 Å². The van der Waals surface area contributed by atoms with Crippen molar-refractivity contribution in [1.29, 1.82) is 0 Å². The Balaban J connectivity index is 1.74. The van der Waals surface area contributed by atoms with E-state index in [1.807, 2.05) is 30.3 Å². The quantitative estimate of drug-likeness (QED) is 0.530. The van der Waals surface area contributed by atoms with E-state index in [1.54, 1.807) is 19.3 Å². The molecule has 1 heterocycles. The van der Waals surface area contributed by atoms with Crippen LogP contribution in [-0.4, -0.2) is 9.91 Å². The SMILES string of the molecule is Cc1cc(NCc2coc(-c3ccccc3)n2)c(Cl)cc1[N+](=O)[O-]. The second kappa shape index (κ2) is 6.72. The summed E-state index contributed by atoms with van der Waals surface area (Å²) >= 11 is 6.10. The van der Waals surface area contributed by atoms with Gasteiger partial charge in [0, 0.05) is 17.2 Å². The smallest absolute Gasteiger partial charge is 0.273 e. The molecule has 6 nitrogen and oxygen atoms in total. The number of rotatable bonds is 5. The summed E-state index contributed by atoms with van der Waals surface area (Å²) in [7, 11) is 0. The van der Waals surface area contributed by atoms with Gasteiger partial charge in [-0.3, -0.25) is 10.1 Å². The van der Waals surface area contributed by atoms with Gasteiger partial charge in [0.25, 0.3) is 5.69 Å². The molecule has 0 bridgehead atoms. The molecule has 24 heavy (non-hydrogen) atoms. The summed E-state index contributed by atoms with van der Waals surface area (Å²) in [5.41, 5.74) is 2.76. The molecule has 0 amide bonds. The lowest BCUT2D eigenvalue weighted by Crippen LogP contribution is -2.02. The normalized spacial score (nSPS) is 10.6. The second-order valence-electron chi connectivity index (χ2n) is 5.24. The van der Waals surface area contributed by atoms with E-state index in [2.05, 4.69) is 10.3 Å². The fraction of sp³-hybridized carbons (Fsp3) is 0.118. The molecule has 122 valence electrons. The van der Waals surface area contributed by atoms with Crippen molar-refractivity contribution in [3.8, 4) is 11.5 Å². The zero-order valence-electron chi connectivity index (χ0n) is 12.8. The number of oxazole rings is 1. The van der Waals surface area contributed by atoms with Gasteiger partial charge in [-0.2, -0.15) is 0 Å². The van der Waals surface area contributed by atoms with Crippen molar-refractivity contribution in [2.24, 2.45) is 0 Å². The van der Waals surface area contributed by atoms with Gasteiger partial charge in [-0.05, 0) is 25.1 Å². The standard InChI is InChI=1S/C17H14ClN3O3/c1-11-7-15(14(18)8-16(11)21(22)23)19-9-13-10-24-17(20-13)12-5-3-2-4-6-12/h2-8,10,19H,9H2,1H3. The van der Waals surface area contributed by atoms with Crippen molar-refractivity contribution >= 4 is 23.0 Å². The molecule has 0 fully saturated rings. The minimum Gasteiger partial charge on any atom is -0.444 e. The number of nitro groups is 1. The van der Waals surface area contributed by atoms with Gasteiger partial charge in [0.15, 0.2) is 0 Å². The molecule has 1 aromatic heterocycles. The number of aryl methyl sites for hydroxylation is 1. The van der Waals surface area contributed by atoms with Crippen LogP contribution in [0.5, 0.6) is 0 Å². The first-order chi connectivity index (χ1) is 11.5.